The fourth-order valence-electron chi connectivity index (χ4n) is 1.32. The maximum Gasteiger partial charge on any atom is 0.178 e. The van der Waals surface area contributed by atoms with Crippen molar-refractivity contribution in [1.82, 2.24) is 0 Å². The van der Waals surface area contributed by atoms with Crippen LogP contribution in [0.2, 0.25) is 0 Å². The minimum absolute atomic E-state index is 0.739. The number of aliphatic imine (C=N–C) groups is 1. The molecule has 1 aromatic carbocycles. The summed E-state index contributed by atoms with van der Waals surface area (Å²) in [6.07, 6.45) is 1.73. The van der Waals surface area contributed by atoms with Crippen molar-refractivity contribution >= 4 is 66.4 Å². The van der Waals surface area contributed by atoms with E-state index in [9.17, 15) is 0 Å². The van der Waals surface area contributed by atoms with Crippen LogP contribution < -0.4 is 0 Å². The fourth-order valence-corrected chi connectivity index (χ4v) is 2.52. The first kappa shape index (κ1) is 13.3. The summed E-state index contributed by atoms with van der Waals surface area (Å²) in [7, 11) is 0. The Bertz CT molecular complexity index is 558. The predicted molar refractivity (Wildman–Crippen MR) is 85.3 cm³/mol. The molecule has 0 unspecified atom stereocenters. The van der Waals surface area contributed by atoms with E-state index in [1.807, 2.05) is 31.2 Å². The van der Waals surface area contributed by atoms with Crippen molar-refractivity contribution in [2.75, 3.05) is 0 Å². The SMILES string of the molecule is Cc1cc(Br)ccc1N=Cc1cc(Br)c(I)o1. The molecule has 0 saturated heterocycles. The van der Waals surface area contributed by atoms with Crippen LogP contribution in [0.5, 0.6) is 0 Å². The van der Waals surface area contributed by atoms with Gasteiger partial charge in [0.25, 0.3) is 0 Å². The third-order valence-corrected chi connectivity index (χ3v) is 4.78. The number of rotatable bonds is 2. The first-order valence-electron chi connectivity index (χ1n) is 4.81. The molecule has 17 heavy (non-hydrogen) atoms. The van der Waals surface area contributed by atoms with Crippen LogP contribution in [0.25, 0.3) is 0 Å². The smallest absolute Gasteiger partial charge is 0.178 e. The molecule has 0 atom stereocenters. The molecule has 0 aliphatic heterocycles. The molecule has 0 aliphatic carbocycles. The molecule has 1 heterocycles. The molecule has 0 saturated carbocycles. The lowest BCUT2D eigenvalue weighted by atomic mass is 10.2. The van der Waals surface area contributed by atoms with Gasteiger partial charge in [-0.05, 0) is 46.6 Å². The highest BCUT2D eigenvalue weighted by Crippen LogP contribution is 2.24. The standard InChI is InChI=1S/C12H8Br2INO/c1-7-4-8(13)2-3-11(7)16-6-9-5-10(14)12(15)17-9/h2-6H,1H3. The number of hydrogen-bond acceptors (Lipinski definition) is 2. The molecule has 1 aromatic heterocycles. The van der Waals surface area contributed by atoms with Crippen molar-refractivity contribution in [3.63, 3.8) is 0 Å². The molecule has 5 heteroatoms. The van der Waals surface area contributed by atoms with Gasteiger partial charge in [-0.1, -0.05) is 15.9 Å². The summed E-state index contributed by atoms with van der Waals surface area (Å²) in [6, 6.07) is 7.88. The molecule has 0 fully saturated rings. The second-order valence-electron chi connectivity index (χ2n) is 3.46. The molecule has 0 aliphatic rings. The van der Waals surface area contributed by atoms with Gasteiger partial charge in [-0.25, -0.2) is 0 Å². The molecular formula is C12H8Br2INO. The van der Waals surface area contributed by atoms with E-state index in [4.69, 9.17) is 4.42 Å². The van der Waals surface area contributed by atoms with E-state index >= 15 is 0 Å². The lowest BCUT2D eigenvalue weighted by Crippen LogP contribution is -1.78. The van der Waals surface area contributed by atoms with Crippen LogP contribution in [0.3, 0.4) is 0 Å². The van der Waals surface area contributed by atoms with Gasteiger partial charge >= 0.3 is 0 Å². The van der Waals surface area contributed by atoms with E-state index in [2.05, 4.69) is 59.4 Å². The summed E-state index contributed by atoms with van der Waals surface area (Å²) in [5.41, 5.74) is 2.06. The van der Waals surface area contributed by atoms with Crippen molar-refractivity contribution in [2.24, 2.45) is 4.99 Å². The van der Waals surface area contributed by atoms with Crippen LogP contribution in [0.4, 0.5) is 5.69 Å². The van der Waals surface area contributed by atoms with E-state index in [0.29, 0.717) is 0 Å². The molecule has 0 N–H and O–H groups in total. The van der Waals surface area contributed by atoms with Crippen molar-refractivity contribution in [3.8, 4) is 0 Å². The second kappa shape index (κ2) is 5.67. The average molecular weight is 469 g/mol. The van der Waals surface area contributed by atoms with Crippen LogP contribution in [0.1, 0.15) is 11.3 Å². The third-order valence-electron chi connectivity index (χ3n) is 2.15. The average Bonchev–Trinajstić information content (AvgIpc) is 2.57. The summed E-state index contributed by atoms with van der Waals surface area (Å²) in [4.78, 5) is 4.41. The van der Waals surface area contributed by atoms with Gasteiger partial charge < -0.3 is 4.42 Å². The number of furan rings is 1. The quantitative estimate of drug-likeness (QED) is 0.424. The van der Waals surface area contributed by atoms with E-state index < -0.39 is 0 Å². The van der Waals surface area contributed by atoms with Crippen molar-refractivity contribution < 1.29 is 4.42 Å². The van der Waals surface area contributed by atoms with Crippen LogP contribution in [-0.4, -0.2) is 6.21 Å². The molecule has 0 bridgehead atoms. The van der Waals surface area contributed by atoms with E-state index in [1.165, 1.54) is 0 Å². The van der Waals surface area contributed by atoms with Gasteiger partial charge in [-0.2, -0.15) is 0 Å². The molecule has 2 rings (SSSR count). The molecule has 0 amide bonds. The lowest BCUT2D eigenvalue weighted by Gasteiger charge is -1.99. The van der Waals surface area contributed by atoms with Gasteiger partial charge in [0.2, 0.25) is 0 Å². The van der Waals surface area contributed by atoms with Gasteiger partial charge in [-0.15, -0.1) is 0 Å². The molecule has 0 radical (unpaired) electrons. The Labute approximate surface area is 130 Å². The van der Waals surface area contributed by atoms with Crippen LogP contribution >= 0.6 is 54.5 Å². The van der Waals surface area contributed by atoms with Crippen molar-refractivity contribution in [2.45, 2.75) is 6.92 Å². The first-order valence-corrected chi connectivity index (χ1v) is 7.48. The zero-order valence-electron chi connectivity index (χ0n) is 8.88. The van der Waals surface area contributed by atoms with Crippen LogP contribution in [-0.2, 0) is 0 Å². The number of halogens is 3. The normalized spacial score (nSPS) is 11.3. The highest BCUT2D eigenvalue weighted by atomic mass is 127. The van der Waals surface area contributed by atoms with Gasteiger partial charge in [0.05, 0.1) is 16.4 Å². The second-order valence-corrected chi connectivity index (χ2v) is 6.21. The molecule has 2 aromatic rings. The summed E-state index contributed by atoms with van der Waals surface area (Å²) in [5.74, 6) is 0.739. The largest absolute Gasteiger partial charge is 0.448 e. The fraction of sp³-hybridized carbons (Fsp3) is 0.0833. The van der Waals surface area contributed by atoms with Crippen molar-refractivity contribution in [1.29, 1.82) is 0 Å². The Morgan fingerprint density at radius 1 is 1.29 bits per heavy atom. The Morgan fingerprint density at radius 3 is 2.65 bits per heavy atom. The maximum absolute atomic E-state index is 5.48. The Kier molecular flexibility index (Phi) is 4.43. The molecule has 88 valence electrons. The minimum atomic E-state index is 0.739. The zero-order valence-corrected chi connectivity index (χ0v) is 14.2. The van der Waals surface area contributed by atoms with E-state index in [-0.39, 0.29) is 0 Å². The van der Waals surface area contributed by atoms with E-state index in [0.717, 1.165) is 29.7 Å². The van der Waals surface area contributed by atoms with Crippen molar-refractivity contribution in [3.05, 3.63) is 48.3 Å². The van der Waals surface area contributed by atoms with Crippen LogP contribution in [0, 0.1) is 10.7 Å². The summed E-state index contributed by atoms with van der Waals surface area (Å²) < 4.78 is 8.32. The molecular weight excluding hydrogens is 461 g/mol. The number of benzene rings is 1. The summed E-state index contributed by atoms with van der Waals surface area (Å²) in [5, 5.41) is 0. The predicted octanol–water partition coefficient (Wildman–Crippen LogP) is 5.47. The monoisotopic (exact) mass is 467 g/mol. The molecule has 0 spiro atoms. The number of aryl methyl sites for hydroxylation is 1. The highest BCUT2D eigenvalue weighted by Gasteiger charge is 2.03. The van der Waals surface area contributed by atoms with E-state index in [1.54, 1.807) is 6.21 Å². The van der Waals surface area contributed by atoms with Gasteiger partial charge in [0, 0.05) is 33.1 Å². The van der Waals surface area contributed by atoms with Gasteiger partial charge in [-0.3, -0.25) is 4.99 Å². The lowest BCUT2D eigenvalue weighted by molar-refractivity contribution is 0.530. The first-order chi connectivity index (χ1) is 8.06. The summed E-state index contributed by atoms with van der Waals surface area (Å²) in [6.45, 7) is 2.03. The third kappa shape index (κ3) is 3.42. The topological polar surface area (TPSA) is 25.5 Å². The Morgan fingerprint density at radius 2 is 2.06 bits per heavy atom. The van der Waals surface area contributed by atoms with Gasteiger partial charge in [0.1, 0.15) is 5.76 Å². The van der Waals surface area contributed by atoms with Crippen LogP contribution in [0.15, 0.2) is 42.6 Å². The number of hydrogen-bond donors (Lipinski definition) is 0. The highest BCUT2D eigenvalue weighted by molar-refractivity contribution is 14.1. The zero-order chi connectivity index (χ0) is 12.4. The van der Waals surface area contributed by atoms with Gasteiger partial charge in [0.15, 0.2) is 3.77 Å². The Balaban J connectivity index is 2.25. The maximum atomic E-state index is 5.48. The Hall–Kier alpha value is -0.140. The molecule has 2 nitrogen and oxygen atoms in total. The number of nitrogens with zero attached hydrogens (tertiary/aromatic N) is 1. The minimum Gasteiger partial charge on any atom is -0.448 e. The summed E-state index contributed by atoms with van der Waals surface area (Å²) >= 11 is 8.95.